The third-order valence-electron chi connectivity index (χ3n) is 3.97. The molecule has 1 fully saturated rings. The number of hydrogen-bond donors (Lipinski definition) is 1. The van der Waals surface area contributed by atoms with E-state index in [1.165, 1.54) is 6.07 Å². The molecule has 1 heterocycles. The van der Waals surface area contributed by atoms with E-state index in [0.717, 1.165) is 5.82 Å². The first-order valence-electron chi connectivity index (χ1n) is 7.35. The van der Waals surface area contributed by atoms with Crippen LogP contribution in [0.5, 0.6) is 0 Å². The van der Waals surface area contributed by atoms with Gasteiger partial charge in [-0.15, -0.1) is 0 Å². The lowest BCUT2D eigenvalue weighted by Gasteiger charge is -2.11. The normalized spacial score (nSPS) is 19.3. The molecule has 0 bridgehead atoms. The number of benzene rings is 1. The molecule has 4 nitrogen and oxygen atoms in total. The summed E-state index contributed by atoms with van der Waals surface area (Å²) in [7, 11) is 3.79. The second-order valence-electron chi connectivity index (χ2n) is 5.87. The molecule has 0 radical (unpaired) electrons. The van der Waals surface area contributed by atoms with Crippen molar-refractivity contribution in [2.24, 2.45) is 5.92 Å². The second-order valence-corrected chi connectivity index (χ2v) is 6.28. The topological polar surface area (TPSA) is 45.2 Å². The number of nitrogens with zero attached hydrogens (tertiary/aromatic N) is 2. The minimum Gasteiger partial charge on any atom is -0.363 e. The molecule has 6 heteroatoms. The van der Waals surface area contributed by atoms with Crippen molar-refractivity contribution >= 4 is 29.0 Å². The van der Waals surface area contributed by atoms with Crippen molar-refractivity contribution in [3.63, 3.8) is 0 Å². The largest absolute Gasteiger partial charge is 0.363 e. The van der Waals surface area contributed by atoms with Gasteiger partial charge in [-0.25, -0.2) is 9.37 Å². The van der Waals surface area contributed by atoms with Crippen molar-refractivity contribution < 1.29 is 9.18 Å². The second kappa shape index (κ2) is 6.16. The highest BCUT2D eigenvalue weighted by atomic mass is 35.5. The van der Waals surface area contributed by atoms with Crippen LogP contribution in [-0.2, 0) is 4.79 Å². The molecule has 1 aromatic heterocycles. The Morgan fingerprint density at radius 2 is 2.13 bits per heavy atom. The minimum absolute atomic E-state index is 0.131. The molecule has 1 aromatic carbocycles. The summed E-state index contributed by atoms with van der Waals surface area (Å²) in [4.78, 5) is 18.4. The van der Waals surface area contributed by atoms with E-state index in [0.29, 0.717) is 22.7 Å². The van der Waals surface area contributed by atoms with Gasteiger partial charge in [0.05, 0.1) is 11.9 Å². The summed E-state index contributed by atoms with van der Waals surface area (Å²) >= 11 is 6.06. The third-order valence-corrected chi connectivity index (χ3v) is 4.30. The Kier molecular flexibility index (Phi) is 4.22. The molecule has 1 amide bonds. The van der Waals surface area contributed by atoms with Gasteiger partial charge in [-0.2, -0.15) is 0 Å². The van der Waals surface area contributed by atoms with Crippen molar-refractivity contribution in [1.82, 2.24) is 4.98 Å². The zero-order valence-corrected chi connectivity index (χ0v) is 13.6. The predicted molar refractivity (Wildman–Crippen MR) is 89.5 cm³/mol. The highest BCUT2D eigenvalue weighted by molar-refractivity contribution is 6.31. The molecule has 0 unspecified atom stereocenters. The fourth-order valence-electron chi connectivity index (χ4n) is 2.63. The maximum Gasteiger partial charge on any atom is 0.228 e. The predicted octanol–water partition coefficient (Wildman–Crippen LogP) is 3.68. The summed E-state index contributed by atoms with van der Waals surface area (Å²) in [6.45, 7) is 0. The molecule has 23 heavy (non-hydrogen) atoms. The molecule has 3 rings (SSSR count). The zero-order chi connectivity index (χ0) is 16.6. The Labute approximate surface area is 139 Å². The monoisotopic (exact) mass is 333 g/mol. The Morgan fingerprint density at radius 3 is 2.74 bits per heavy atom. The summed E-state index contributed by atoms with van der Waals surface area (Å²) in [6.07, 6.45) is 2.22. The average Bonchev–Trinajstić information content (AvgIpc) is 3.28. The molecule has 0 aliphatic heterocycles. The van der Waals surface area contributed by atoms with Crippen LogP contribution in [0, 0.1) is 11.7 Å². The van der Waals surface area contributed by atoms with E-state index in [9.17, 15) is 9.18 Å². The van der Waals surface area contributed by atoms with E-state index < -0.39 is 0 Å². The fraction of sp³-hybridized carbons (Fsp3) is 0.294. The van der Waals surface area contributed by atoms with E-state index in [1.54, 1.807) is 24.4 Å². The lowest BCUT2D eigenvalue weighted by atomic mass is 10.1. The van der Waals surface area contributed by atoms with E-state index >= 15 is 0 Å². The molecule has 0 saturated heterocycles. The SMILES string of the molecule is CN(C)c1ccc(NC(=O)[C@H]2C[C@H]2c2c(F)cccc2Cl)cn1. The summed E-state index contributed by atoms with van der Waals surface area (Å²) < 4.78 is 13.9. The highest BCUT2D eigenvalue weighted by Crippen LogP contribution is 2.50. The number of rotatable bonds is 4. The first-order chi connectivity index (χ1) is 11.0. The molecular formula is C17H17ClFN3O. The van der Waals surface area contributed by atoms with Crippen molar-refractivity contribution in [3.8, 4) is 0 Å². The van der Waals surface area contributed by atoms with E-state index in [1.807, 2.05) is 25.1 Å². The average molecular weight is 334 g/mol. The Bertz CT molecular complexity index is 713. The highest BCUT2D eigenvalue weighted by Gasteiger charge is 2.46. The first-order valence-corrected chi connectivity index (χ1v) is 7.73. The van der Waals surface area contributed by atoms with Crippen LogP contribution in [0.4, 0.5) is 15.9 Å². The molecule has 1 N–H and O–H groups in total. The maximum absolute atomic E-state index is 13.9. The summed E-state index contributed by atoms with van der Waals surface area (Å²) in [6, 6.07) is 8.22. The van der Waals surface area contributed by atoms with Gasteiger partial charge in [-0.3, -0.25) is 4.79 Å². The lowest BCUT2D eigenvalue weighted by molar-refractivity contribution is -0.117. The van der Waals surface area contributed by atoms with Crippen LogP contribution < -0.4 is 10.2 Å². The zero-order valence-electron chi connectivity index (χ0n) is 12.9. The number of carbonyl (C=O) groups is 1. The third kappa shape index (κ3) is 3.29. The van der Waals surface area contributed by atoms with Gasteiger partial charge in [0.15, 0.2) is 0 Å². The number of anilines is 2. The molecule has 2 atom stereocenters. The number of carbonyl (C=O) groups excluding carboxylic acids is 1. The first kappa shape index (κ1) is 15.7. The minimum atomic E-state index is -0.352. The maximum atomic E-state index is 13.9. The molecule has 120 valence electrons. The molecule has 0 spiro atoms. The number of halogens is 2. The van der Waals surface area contributed by atoms with Gasteiger partial charge in [-0.1, -0.05) is 17.7 Å². The quantitative estimate of drug-likeness (QED) is 0.928. The molecule has 1 saturated carbocycles. The summed E-state index contributed by atoms with van der Waals surface area (Å²) in [5.41, 5.74) is 1.07. The van der Waals surface area contributed by atoms with E-state index in [4.69, 9.17) is 11.6 Å². The molecular weight excluding hydrogens is 317 g/mol. The number of hydrogen-bond acceptors (Lipinski definition) is 3. The number of amides is 1. The van der Waals surface area contributed by atoms with Gasteiger partial charge in [0, 0.05) is 36.5 Å². The van der Waals surface area contributed by atoms with Gasteiger partial charge in [0.1, 0.15) is 11.6 Å². The Morgan fingerprint density at radius 1 is 1.35 bits per heavy atom. The molecule has 1 aliphatic carbocycles. The van der Waals surface area contributed by atoms with Crippen LogP contribution in [0.25, 0.3) is 0 Å². The van der Waals surface area contributed by atoms with Crippen LogP contribution in [0.2, 0.25) is 5.02 Å². The van der Waals surface area contributed by atoms with Crippen LogP contribution in [0.15, 0.2) is 36.5 Å². The summed E-state index contributed by atoms with van der Waals surface area (Å²) in [5, 5.41) is 3.20. The van der Waals surface area contributed by atoms with Crippen LogP contribution in [0.3, 0.4) is 0 Å². The van der Waals surface area contributed by atoms with E-state index in [-0.39, 0.29) is 23.6 Å². The number of pyridine rings is 1. The van der Waals surface area contributed by atoms with E-state index in [2.05, 4.69) is 10.3 Å². The van der Waals surface area contributed by atoms with Gasteiger partial charge in [0.2, 0.25) is 5.91 Å². The van der Waals surface area contributed by atoms with Crippen molar-refractivity contribution in [3.05, 3.63) is 52.9 Å². The summed E-state index contributed by atoms with van der Waals surface area (Å²) in [5.74, 6) is -0.0791. The van der Waals surface area contributed by atoms with Gasteiger partial charge >= 0.3 is 0 Å². The van der Waals surface area contributed by atoms with Crippen LogP contribution >= 0.6 is 11.6 Å². The standard InChI is InChI=1S/C17H17ClFN3O/c1-22(2)15-7-6-10(9-20-15)21-17(23)12-8-11(12)16-13(18)4-3-5-14(16)19/h3-7,9,11-12H,8H2,1-2H3,(H,21,23)/t11-,12+/m1/s1. The smallest absolute Gasteiger partial charge is 0.228 e. The molecule has 1 aliphatic rings. The van der Waals surface area contributed by atoms with Crippen molar-refractivity contribution in [2.45, 2.75) is 12.3 Å². The van der Waals surface area contributed by atoms with Crippen LogP contribution in [-0.4, -0.2) is 25.0 Å². The molecule has 2 aromatic rings. The fourth-order valence-corrected chi connectivity index (χ4v) is 2.93. The van der Waals surface area contributed by atoms with Gasteiger partial charge in [-0.05, 0) is 30.7 Å². The van der Waals surface area contributed by atoms with Gasteiger partial charge < -0.3 is 10.2 Å². The van der Waals surface area contributed by atoms with Crippen molar-refractivity contribution in [2.75, 3.05) is 24.3 Å². The van der Waals surface area contributed by atoms with Crippen molar-refractivity contribution in [1.29, 1.82) is 0 Å². The number of aromatic nitrogens is 1. The Balaban J connectivity index is 1.67. The van der Waals surface area contributed by atoms with Crippen LogP contribution in [0.1, 0.15) is 17.9 Å². The Hall–Kier alpha value is -2.14. The lowest BCUT2D eigenvalue weighted by Crippen LogP contribution is -2.15. The number of nitrogens with one attached hydrogen (secondary N) is 1. The van der Waals surface area contributed by atoms with Gasteiger partial charge in [0.25, 0.3) is 0 Å².